The predicted molar refractivity (Wildman–Crippen MR) is 81.3 cm³/mol. The standard InChI is InChI=1S/C13H19FN2O3S2/c14-12-2-1-11(10-17)13(9-12)21(18,19)15-3-4-16-5-7-20-8-6-16/h1-2,9,15,17H,3-8,10H2. The van der Waals surface area contributed by atoms with Crippen LogP contribution in [-0.4, -0.2) is 56.1 Å². The molecule has 118 valence electrons. The molecule has 8 heteroatoms. The van der Waals surface area contributed by atoms with Crippen molar-refractivity contribution in [1.29, 1.82) is 0 Å². The summed E-state index contributed by atoms with van der Waals surface area (Å²) in [5.74, 6) is 1.48. The van der Waals surface area contributed by atoms with Gasteiger partial charge in [-0.25, -0.2) is 17.5 Å². The van der Waals surface area contributed by atoms with Crippen LogP contribution >= 0.6 is 11.8 Å². The number of nitrogens with zero attached hydrogens (tertiary/aromatic N) is 1. The minimum absolute atomic E-state index is 0.193. The Morgan fingerprint density at radius 2 is 2.05 bits per heavy atom. The van der Waals surface area contributed by atoms with Gasteiger partial charge in [0.1, 0.15) is 5.82 Å². The summed E-state index contributed by atoms with van der Waals surface area (Å²) < 4.78 is 40.1. The number of benzene rings is 1. The van der Waals surface area contributed by atoms with E-state index in [0.29, 0.717) is 6.54 Å². The van der Waals surface area contributed by atoms with Crippen molar-refractivity contribution in [3.05, 3.63) is 29.6 Å². The molecule has 1 saturated heterocycles. The second-order valence-electron chi connectivity index (χ2n) is 4.76. The van der Waals surface area contributed by atoms with Gasteiger partial charge >= 0.3 is 0 Å². The van der Waals surface area contributed by atoms with Crippen molar-refractivity contribution in [1.82, 2.24) is 9.62 Å². The molecule has 21 heavy (non-hydrogen) atoms. The lowest BCUT2D eigenvalue weighted by Gasteiger charge is -2.26. The molecular formula is C13H19FN2O3S2. The lowest BCUT2D eigenvalue weighted by Crippen LogP contribution is -2.39. The second kappa shape index (κ2) is 7.55. The zero-order valence-corrected chi connectivity index (χ0v) is 13.2. The lowest BCUT2D eigenvalue weighted by molar-refractivity contribution is 0.278. The molecular weight excluding hydrogens is 315 g/mol. The molecule has 0 aromatic heterocycles. The second-order valence-corrected chi connectivity index (χ2v) is 7.72. The van der Waals surface area contributed by atoms with E-state index in [-0.39, 0.29) is 17.0 Å². The van der Waals surface area contributed by atoms with Gasteiger partial charge in [-0.2, -0.15) is 11.8 Å². The van der Waals surface area contributed by atoms with Crippen molar-refractivity contribution in [2.75, 3.05) is 37.7 Å². The quantitative estimate of drug-likeness (QED) is 0.799. The van der Waals surface area contributed by atoms with Gasteiger partial charge in [-0.05, 0) is 17.7 Å². The van der Waals surface area contributed by atoms with Gasteiger partial charge in [0.15, 0.2) is 0 Å². The highest BCUT2D eigenvalue weighted by Crippen LogP contribution is 2.17. The van der Waals surface area contributed by atoms with Gasteiger partial charge in [0.2, 0.25) is 10.0 Å². The molecule has 0 atom stereocenters. The normalized spacial score (nSPS) is 17.0. The Balaban J connectivity index is 1.99. The molecule has 1 aliphatic rings. The van der Waals surface area contributed by atoms with Crippen molar-refractivity contribution >= 4 is 21.8 Å². The minimum Gasteiger partial charge on any atom is -0.392 e. The third-order valence-electron chi connectivity index (χ3n) is 3.31. The molecule has 1 heterocycles. The van der Waals surface area contributed by atoms with Crippen molar-refractivity contribution in [3.8, 4) is 0 Å². The summed E-state index contributed by atoms with van der Waals surface area (Å²) in [6.45, 7) is 2.36. The van der Waals surface area contributed by atoms with Gasteiger partial charge < -0.3 is 10.0 Å². The molecule has 5 nitrogen and oxygen atoms in total. The molecule has 1 aliphatic heterocycles. The largest absolute Gasteiger partial charge is 0.392 e. The molecule has 0 bridgehead atoms. The molecule has 0 amide bonds. The Morgan fingerprint density at radius 3 is 2.71 bits per heavy atom. The Hall–Kier alpha value is -0.670. The highest BCUT2D eigenvalue weighted by Gasteiger charge is 2.19. The summed E-state index contributed by atoms with van der Waals surface area (Å²) >= 11 is 1.89. The topological polar surface area (TPSA) is 69.6 Å². The number of rotatable bonds is 6. The first-order valence-electron chi connectivity index (χ1n) is 6.72. The molecule has 1 aromatic rings. The summed E-state index contributed by atoms with van der Waals surface area (Å²) in [5, 5.41) is 9.18. The SMILES string of the molecule is O=S(=O)(NCCN1CCSCC1)c1cc(F)ccc1CO. The number of aliphatic hydroxyl groups is 1. The first kappa shape index (κ1) is 16.7. The van der Waals surface area contributed by atoms with Crippen LogP contribution < -0.4 is 4.72 Å². The van der Waals surface area contributed by atoms with E-state index in [9.17, 15) is 17.9 Å². The van der Waals surface area contributed by atoms with E-state index in [4.69, 9.17) is 0 Å². The van der Waals surface area contributed by atoms with E-state index < -0.39 is 22.4 Å². The van der Waals surface area contributed by atoms with Crippen LogP contribution in [0.1, 0.15) is 5.56 Å². The number of halogens is 1. The Kier molecular flexibility index (Phi) is 6.00. The zero-order valence-electron chi connectivity index (χ0n) is 11.6. The van der Waals surface area contributed by atoms with Crippen molar-refractivity contribution < 1.29 is 17.9 Å². The van der Waals surface area contributed by atoms with Gasteiger partial charge in [0.25, 0.3) is 0 Å². The third-order valence-corrected chi connectivity index (χ3v) is 5.80. The van der Waals surface area contributed by atoms with Gasteiger partial charge in [0, 0.05) is 37.7 Å². The van der Waals surface area contributed by atoms with E-state index in [1.807, 2.05) is 11.8 Å². The molecule has 0 radical (unpaired) electrons. The summed E-state index contributed by atoms with van der Waals surface area (Å²) in [4.78, 5) is 2.00. The van der Waals surface area contributed by atoms with E-state index in [1.54, 1.807) is 0 Å². The minimum atomic E-state index is -3.81. The van der Waals surface area contributed by atoms with Crippen molar-refractivity contribution in [3.63, 3.8) is 0 Å². The fourth-order valence-corrected chi connectivity index (χ4v) is 4.39. The maximum atomic E-state index is 13.2. The molecule has 0 saturated carbocycles. The maximum absolute atomic E-state index is 13.2. The smallest absolute Gasteiger partial charge is 0.241 e. The van der Waals surface area contributed by atoms with Crippen LogP contribution in [0.3, 0.4) is 0 Å². The van der Waals surface area contributed by atoms with Crippen LogP contribution in [0.5, 0.6) is 0 Å². The fraction of sp³-hybridized carbons (Fsp3) is 0.538. The molecule has 2 rings (SSSR count). The number of aliphatic hydroxyl groups excluding tert-OH is 1. The van der Waals surface area contributed by atoms with Gasteiger partial charge in [0.05, 0.1) is 11.5 Å². The maximum Gasteiger partial charge on any atom is 0.241 e. The molecule has 1 aromatic carbocycles. The first-order valence-corrected chi connectivity index (χ1v) is 9.36. The van der Waals surface area contributed by atoms with Crippen molar-refractivity contribution in [2.45, 2.75) is 11.5 Å². The summed E-state index contributed by atoms with van der Waals surface area (Å²) in [7, 11) is -3.81. The third kappa shape index (κ3) is 4.65. The molecule has 1 fully saturated rings. The van der Waals surface area contributed by atoms with Crippen LogP contribution in [0.25, 0.3) is 0 Å². The van der Waals surface area contributed by atoms with Crippen molar-refractivity contribution in [2.24, 2.45) is 0 Å². The molecule has 0 unspecified atom stereocenters. The average Bonchev–Trinajstić information content (AvgIpc) is 2.48. The van der Waals surface area contributed by atoms with Gasteiger partial charge in [-0.1, -0.05) is 6.07 Å². The van der Waals surface area contributed by atoms with Gasteiger partial charge in [-0.3, -0.25) is 0 Å². The summed E-state index contributed by atoms with van der Waals surface area (Å²) in [6, 6.07) is 3.35. The molecule has 0 spiro atoms. The summed E-state index contributed by atoms with van der Waals surface area (Å²) in [6.07, 6.45) is 0. The number of sulfonamides is 1. The van der Waals surface area contributed by atoms with Crippen LogP contribution in [0.15, 0.2) is 23.1 Å². The fourth-order valence-electron chi connectivity index (χ4n) is 2.15. The highest BCUT2D eigenvalue weighted by molar-refractivity contribution is 7.99. The predicted octanol–water partition coefficient (Wildman–Crippen LogP) is 0.645. The van der Waals surface area contributed by atoms with Crippen LogP contribution in [-0.2, 0) is 16.6 Å². The van der Waals surface area contributed by atoms with Gasteiger partial charge in [-0.15, -0.1) is 0 Å². The monoisotopic (exact) mass is 334 g/mol. The number of nitrogens with one attached hydrogen (secondary N) is 1. The zero-order chi connectivity index (χ0) is 15.3. The highest BCUT2D eigenvalue weighted by atomic mass is 32.2. The van der Waals surface area contributed by atoms with E-state index >= 15 is 0 Å². The first-order chi connectivity index (χ1) is 10.0. The van der Waals surface area contributed by atoms with Crippen LogP contribution in [0.4, 0.5) is 4.39 Å². The Morgan fingerprint density at radius 1 is 1.33 bits per heavy atom. The average molecular weight is 334 g/mol. The van der Waals surface area contributed by atoms with E-state index in [2.05, 4.69) is 9.62 Å². The van der Waals surface area contributed by atoms with Crippen LogP contribution in [0.2, 0.25) is 0 Å². The lowest BCUT2D eigenvalue weighted by atomic mass is 10.2. The molecule has 0 aliphatic carbocycles. The number of thioether (sulfide) groups is 1. The van der Waals surface area contributed by atoms with E-state index in [1.165, 1.54) is 6.07 Å². The van der Waals surface area contributed by atoms with Crippen LogP contribution in [0, 0.1) is 5.82 Å². The Bertz CT molecular complexity index is 575. The number of hydrogen-bond acceptors (Lipinski definition) is 5. The summed E-state index contributed by atoms with van der Waals surface area (Å²) in [5.41, 5.74) is 0.193. The van der Waals surface area contributed by atoms with E-state index in [0.717, 1.165) is 36.7 Å². The number of hydrogen-bond donors (Lipinski definition) is 2. The molecule has 2 N–H and O–H groups in total. The Labute approximate surface area is 128 Å².